The predicted octanol–water partition coefficient (Wildman–Crippen LogP) is -0.0620. The molecule has 1 amide bonds. The molecule has 0 aromatic rings. The third-order valence-corrected chi connectivity index (χ3v) is 6.07. The zero-order valence-corrected chi connectivity index (χ0v) is 14.6. The molecular weight excluding hydrogens is 354 g/mol. The molecule has 3 aliphatic rings. The second-order valence-electron chi connectivity index (χ2n) is 6.20. The Morgan fingerprint density at radius 3 is 2.32 bits per heavy atom. The number of aliphatic carboxylic acids is 1. The van der Waals surface area contributed by atoms with E-state index in [2.05, 4.69) is 15.0 Å². The maximum Gasteiger partial charge on any atom is 0.359 e. The van der Waals surface area contributed by atoms with Crippen molar-refractivity contribution in [3.63, 3.8) is 0 Å². The van der Waals surface area contributed by atoms with E-state index in [0.29, 0.717) is 0 Å². The summed E-state index contributed by atoms with van der Waals surface area (Å²) in [6.07, 6.45) is 0. The van der Waals surface area contributed by atoms with Gasteiger partial charge in [-0.25, -0.2) is 14.4 Å². The van der Waals surface area contributed by atoms with Crippen molar-refractivity contribution in [3.05, 3.63) is 11.3 Å². The van der Waals surface area contributed by atoms with Crippen molar-refractivity contribution in [3.8, 4) is 0 Å². The summed E-state index contributed by atoms with van der Waals surface area (Å²) in [6, 6.07) is -1.09. The Bertz CT molecular complexity index is 774. The van der Waals surface area contributed by atoms with Gasteiger partial charge < -0.3 is 19.5 Å². The monoisotopic (exact) mass is 369 g/mol. The Morgan fingerprint density at radius 2 is 1.80 bits per heavy atom. The minimum absolute atomic E-state index is 0.317. The number of β-lactam (4-membered cyclic amide) rings is 1. The highest BCUT2D eigenvalue weighted by Crippen LogP contribution is 2.60. The second kappa shape index (κ2) is 5.28. The number of hydrogen-bond donors (Lipinski definition) is 1. The van der Waals surface area contributed by atoms with E-state index < -0.39 is 51.2 Å². The minimum Gasteiger partial charge on any atom is -0.480 e. The molecule has 0 aliphatic carbocycles. The topological polar surface area (TPSA) is 135 Å². The number of azo groups is 1. The van der Waals surface area contributed by atoms with Crippen LogP contribution in [-0.2, 0) is 28.7 Å². The average Bonchev–Trinajstić information content (AvgIpc) is 3.08. The fourth-order valence-electron chi connectivity index (χ4n) is 3.37. The summed E-state index contributed by atoms with van der Waals surface area (Å²) < 4.78 is 8.46. The van der Waals surface area contributed by atoms with Crippen molar-refractivity contribution >= 4 is 35.6 Å². The summed E-state index contributed by atoms with van der Waals surface area (Å²) in [5, 5.41) is 16.3. The standard InChI is InChI=1S/C14H15N3O7S/c1-13(2)7(8(18)19)17-11(22)14(12(17)25-13)5(9(20)23-3)6(15-16-14)10(21)24-4/h7,12H,1-4H3,(H,18,19)/t7-,12-,14-/m1/s1. The first-order valence-corrected chi connectivity index (χ1v) is 8.09. The molecule has 0 aromatic heterocycles. The molecule has 3 heterocycles. The number of nitrogens with zero attached hydrogens (tertiary/aromatic N) is 3. The largest absolute Gasteiger partial charge is 0.480 e. The lowest BCUT2D eigenvalue weighted by atomic mass is 9.79. The quantitative estimate of drug-likeness (QED) is 0.540. The van der Waals surface area contributed by atoms with Gasteiger partial charge in [0.1, 0.15) is 17.0 Å². The fraction of sp³-hybridized carbons (Fsp3) is 0.571. The zero-order valence-electron chi connectivity index (χ0n) is 13.8. The van der Waals surface area contributed by atoms with Gasteiger partial charge in [0, 0.05) is 4.75 Å². The summed E-state index contributed by atoms with van der Waals surface area (Å²) in [4.78, 5) is 49.8. The molecular formula is C14H15N3O7S. The van der Waals surface area contributed by atoms with Crippen LogP contribution in [0.4, 0.5) is 0 Å². The molecule has 3 rings (SSSR count). The predicted molar refractivity (Wildman–Crippen MR) is 82.4 cm³/mol. The van der Waals surface area contributed by atoms with Crippen LogP contribution in [0.5, 0.6) is 0 Å². The molecule has 3 atom stereocenters. The summed E-state index contributed by atoms with van der Waals surface area (Å²) >= 11 is 1.18. The number of hydrogen-bond acceptors (Lipinski definition) is 9. The molecule has 0 bridgehead atoms. The maximum absolute atomic E-state index is 12.9. The van der Waals surface area contributed by atoms with Crippen LogP contribution >= 0.6 is 11.8 Å². The summed E-state index contributed by atoms with van der Waals surface area (Å²) in [6.45, 7) is 3.37. The highest BCUT2D eigenvalue weighted by atomic mass is 32.2. The number of carboxylic acids is 1. The molecule has 0 unspecified atom stereocenters. The Hall–Kier alpha value is -2.43. The van der Waals surface area contributed by atoms with Gasteiger partial charge in [0.2, 0.25) is 5.54 Å². The van der Waals surface area contributed by atoms with Crippen molar-refractivity contribution in [1.29, 1.82) is 0 Å². The van der Waals surface area contributed by atoms with Crippen molar-refractivity contribution in [2.45, 2.75) is 35.5 Å². The molecule has 1 N–H and O–H groups in total. The van der Waals surface area contributed by atoms with Gasteiger partial charge in [-0.15, -0.1) is 16.9 Å². The lowest BCUT2D eigenvalue weighted by Gasteiger charge is -2.48. The zero-order chi connectivity index (χ0) is 18.7. The number of esters is 2. The van der Waals surface area contributed by atoms with Gasteiger partial charge in [0.25, 0.3) is 5.91 Å². The van der Waals surface area contributed by atoms with Crippen LogP contribution in [0.2, 0.25) is 0 Å². The second-order valence-corrected chi connectivity index (χ2v) is 7.93. The van der Waals surface area contributed by atoms with Gasteiger partial charge in [-0.1, -0.05) is 0 Å². The van der Waals surface area contributed by atoms with Crippen LogP contribution in [0.15, 0.2) is 21.5 Å². The van der Waals surface area contributed by atoms with Crippen molar-refractivity contribution in [1.82, 2.24) is 4.90 Å². The summed E-state index contributed by atoms with van der Waals surface area (Å²) in [5.74, 6) is -3.72. The van der Waals surface area contributed by atoms with E-state index in [4.69, 9.17) is 4.74 Å². The molecule has 25 heavy (non-hydrogen) atoms. The van der Waals surface area contributed by atoms with Gasteiger partial charge in [0.15, 0.2) is 5.70 Å². The highest BCUT2D eigenvalue weighted by Gasteiger charge is 2.76. The van der Waals surface area contributed by atoms with E-state index >= 15 is 0 Å². The number of ether oxygens (including phenoxy) is 2. The van der Waals surface area contributed by atoms with Crippen LogP contribution in [-0.4, -0.2) is 69.7 Å². The molecule has 2 saturated heterocycles. The molecule has 0 radical (unpaired) electrons. The van der Waals surface area contributed by atoms with E-state index in [-0.39, 0.29) is 5.57 Å². The van der Waals surface area contributed by atoms with Crippen LogP contribution in [0.25, 0.3) is 0 Å². The molecule has 0 saturated carbocycles. The Morgan fingerprint density at radius 1 is 1.20 bits per heavy atom. The van der Waals surface area contributed by atoms with Gasteiger partial charge >= 0.3 is 17.9 Å². The first-order chi connectivity index (χ1) is 11.6. The molecule has 2 fully saturated rings. The number of carbonyl (C=O) groups is 4. The number of methoxy groups -OCH3 is 2. The SMILES string of the molecule is COC(=O)C1=C(C(=O)OC)[C@@]2(N=N1)C(=O)N1[C@H](C(=O)O)C(C)(C)S[C@@H]12. The third-order valence-electron chi connectivity index (χ3n) is 4.45. The van der Waals surface area contributed by atoms with E-state index in [9.17, 15) is 24.3 Å². The van der Waals surface area contributed by atoms with E-state index in [1.165, 1.54) is 11.8 Å². The summed E-state index contributed by atoms with van der Waals surface area (Å²) in [5.41, 5.74) is -2.48. The van der Waals surface area contributed by atoms with Crippen molar-refractivity contribution in [2.24, 2.45) is 10.2 Å². The molecule has 11 heteroatoms. The van der Waals surface area contributed by atoms with E-state index in [1.807, 2.05) is 0 Å². The number of amides is 1. The average molecular weight is 369 g/mol. The van der Waals surface area contributed by atoms with Gasteiger partial charge in [0.05, 0.1) is 14.2 Å². The van der Waals surface area contributed by atoms with Crippen LogP contribution in [0.3, 0.4) is 0 Å². The normalized spacial score (nSPS) is 31.8. The first-order valence-electron chi connectivity index (χ1n) is 7.21. The van der Waals surface area contributed by atoms with Crippen molar-refractivity contribution < 1.29 is 33.8 Å². The molecule has 134 valence electrons. The Labute approximate surface area is 146 Å². The number of carbonyl (C=O) groups excluding carboxylic acids is 3. The number of fused-ring (bicyclic) bond motifs is 2. The molecule has 0 aromatic carbocycles. The smallest absolute Gasteiger partial charge is 0.359 e. The van der Waals surface area contributed by atoms with Crippen LogP contribution in [0.1, 0.15) is 13.8 Å². The minimum atomic E-state index is -1.76. The third kappa shape index (κ3) is 1.98. The molecule has 3 aliphatic heterocycles. The first kappa shape index (κ1) is 17.4. The Kier molecular flexibility index (Phi) is 3.67. The Balaban J connectivity index is 2.13. The van der Waals surface area contributed by atoms with Crippen LogP contribution in [0, 0.1) is 0 Å². The van der Waals surface area contributed by atoms with Gasteiger partial charge in [-0.3, -0.25) is 4.79 Å². The lowest BCUT2D eigenvalue weighted by Crippen LogP contribution is -2.73. The number of carboxylic acid groups (broad SMARTS) is 1. The summed E-state index contributed by atoms with van der Waals surface area (Å²) in [7, 11) is 2.20. The molecule has 1 spiro atoms. The maximum atomic E-state index is 12.9. The van der Waals surface area contributed by atoms with E-state index in [0.717, 1.165) is 19.1 Å². The van der Waals surface area contributed by atoms with Gasteiger partial charge in [-0.05, 0) is 13.8 Å². The fourth-order valence-corrected chi connectivity index (χ4v) is 5.05. The van der Waals surface area contributed by atoms with Crippen molar-refractivity contribution in [2.75, 3.05) is 14.2 Å². The molecule has 10 nitrogen and oxygen atoms in total. The highest BCUT2D eigenvalue weighted by molar-refractivity contribution is 8.01. The lowest BCUT2D eigenvalue weighted by molar-refractivity contribution is -0.164. The van der Waals surface area contributed by atoms with Crippen LogP contribution < -0.4 is 0 Å². The number of rotatable bonds is 3. The van der Waals surface area contributed by atoms with Gasteiger partial charge in [-0.2, -0.15) is 5.11 Å². The number of thioether (sulfide) groups is 1. The van der Waals surface area contributed by atoms with E-state index in [1.54, 1.807) is 13.8 Å².